The summed E-state index contributed by atoms with van der Waals surface area (Å²) in [6.45, 7) is 4.28. The Morgan fingerprint density at radius 3 is 0.870 bits per heavy atom. The number of phosphoric acid groups is 1. The van der Waals surface area contributed by atoms with Gasteiger partial charge in [-0.15, -0.1) is 0 Å². The Bertz CT molecular complexity index is 1740. The molecule has 0 aliphatic carbocycles. The van der Waals surface area contributed by atoms with Crippen LogP contribution in [0.5, 0.6) is 0 Å². The third-order valence-electron chi connectivity index (χ3n) is 18.0. The predicted molar refractivity (Wildman–Crippen MR) is 397 cm³/mol. The van der Waals surface area contributed by atoms with Crippen LogP contribution < -0.4 is 4.89 Å². The number of phosphoric ester groups is 1. The molecule has 0 rings (SSSR count). The number of nitrogens with zero attached hydrogens (tertiary/aromatic N) is 1. The summed E-state index contributed by atoms with van der Waals surface area (Å²) in [7, 11) is 1.18. The third kappa shape index (κ3) is 76.7. The van der Waals surface area contributed by atoms with Gasteiger partial charge in [0.1, 0.15) is 19.8 Å². The molecular formula is C82H154NO8P. The van der Waals surface area contributed by atoms with Gasteiger partial charge in [-0.25, -0.2) is 0 Å². The van der Waals surface area contributed by atoms with E-state index in [4.69, 9.17) is 18.5 Å². The number of unbranched alkanes of at least 4 members (excludes halogenated alkanes) is 51. The fourth-order valence-electron chi connectivity index (χ4n) is 11.9. The molecule has 0 fully saturated rings. The van der Waals surface area contributed by atoms with Gasteiger partial charge < -0.3 is 27.9 Å². The van der Waals surface area contributed by atoms with E-state index >= 15 is 0 Å². The van der Waals surface area contributed by atoms with Crippen molar-refractivity contribution in [3.8, 4) is 0 Å². The van der Waals surface area contributed by atoms with Gasteiger partial charge in [-0.05, 0) is 83.5 Å². The molecule has 0 N–H and O–H groups in total. The van der Waals surface area contributed by atoms with E-state index in [0.29, 0.717) is 17.4 Å². The third-order valence-corrected chi connectivity index (χ3v) is 19.0. The first-order valence-corrected chi connectivity index (χ1v) is 41.5. The lowest BCUT2D eigenvalue weighted by atomic mass is 10.0. The lowest BCUT2D eigenvalue weighted by molar-refractivity contribution is -0.870. The van der Waals surface area contributed by atoms with Crippen LogP contribution in [-0.2, 0) is 32.7 Å². The number of allylic oxidation sites excluding steroid dienone is 10. The smallest absolute Gasteiger partial charge is 0.306 e. The molecule has 0 saturated carbocycles. The van der Waals surface area contributed by atoms with Gasteiger partial charge in [0.05, 0.1) is 27.7 Å². The Labute approximate surface area is 572 Å². The number of esters is 2. The summed E-state index contributed by atoms with van der Waals surface area (Å²) in [5.41, 5.74) is 0. The minimum atomic E-state index is -4.64. The van der Waals surface area contributed by atoms with Gasteiger partial charge in [-0.3, -0.25) is 14.2 Å². The molecule has 0 aromatic heterocycles. The van der Waals surface area contributed by atoms with Gasteiger partial charge >= 0.3 is 11.9 Å². The van der Waals surface area contributed by atoms with Crippen molar-refractivity contribution in [3.63, 3.8) is 0 Å². The first kappa shape index (κ1) is 89.7. The van der Waals surface area contributed by atoms with Crippen molar-refractivity contribution >= 4 is 19.8 Å². The van der Waals surface area contributed by atoms with Crippen molar-refractivity contribution in [1.29, 1.82) is 0 Å². The van der Waals surface area contributed by atoms with Crippen LogP contribution in [0.1, 0.15) is 399 Å². The van der Waals surface area contributed by atoms with Gasteiger partial charge in [0.25, 0.3) is 7.82 Å². The van der Waals surface area contributed by atoms with E-state index in [1.165, 1.54) is 308 Å². The number of hydrogen-bond acceptors (Lipinski definition) is 8. The number of quaternary nitrogens is 1. The predicted octanol–water partition coefficient (Wildman–Crippen LogP) is 25.9. The summed E-state index contributed by atoms with van der Waals surface area (Å²) in [5, 5.41) is 0. The summed E-state index contributed by atoms with van der Waals surface area (Å²) >= 11 is 0. The lowest BCUT2D eigenvalue weighted by Crippen LogP contribution is -2.37. The van der Waals surface area contributed by atoms with Crippen LogP contribution in [-0.4, -0.2) is 70.0 Å². The van der Waals surface area contributed by atoms with Crippen molar-refractivity contribution in [2.45, 2.75) is 405 Å². The molecule has 2 atom stereocenters. The summed E-state index contributed by atoms with van der Waals surface area (Å²) in [6, 6.07) is 0. The monoisotopic (exact) mass is 1310 g/mol. The fourth-order valence-corrected chi connectivity index (χ4v) is 12.6. The van der Waals surface area contributed by atoms with Crippen LogP contribution in [0.15, 0.2) is 60.8 Å². The summed E-state index contributed by atoms with van der Waals surface area (Å²) in [5.74, 6) is -0.816. The largest absolute Gasteiger partial charge is 0.756 e. The van der Waals surface area contributed by atoms with E-state index in [2.05, 4.69) is 74.6 Å². The number of likely N-dealkylation sites (N-methyl/N-ethyl adjacent to an activating group) is 1. The minimum absolute atomic E-state index is 0.0301. The zero-order chi connectivity index (χ0) is 66.9. The maximum atomic E-state index is 12.9. The Kier molecular flexibility index (Phi) is 71.2. The first-order chi connectivity index (χ1) is 45.0. The summed E-state index contributed by atoms with van der Waals surface area (Å²) in [4.78, 5) is 38.1. The maximum Gasteiger partial charge on any atom is 0.306 e. The van der Waals surface area contributed by atoms with E-state index in [9.17, 15) is 19.0 Å². The Balaban J connectivity index is 3.89. The average molecular weight is 1310 g/mol. The highest BCUT2D eigenvalue weighted by Crippen LogP contribution is 2.38. The van der Waals surface area contributed by atoms with Gasteiger partial charge in [-0.2, -0.15) is 0 Å². The Morgan fingerprint density at radius 1 is 0.337 bits per heavy atom. The van der Waals surface area contributed by atoms with E-state index < -0.39 is 26.5 Å². The molecular weight excluding hydrogens is 1160 g/mol. The quantitative estimate of drug-likeness (QED) is 0.0195. The topological polar surface area (TPSA) is 111 Å². The molecule has 0 spiro atoms. The number of ether oxygens (including phenoxy) is 2. The van der Waals surface area contributed by atoms with E-state index in [1.54, 1.807) is 0 Å². The van der Waals surface area contributed by atoms with Gasteiger partial charge in [0.15, 0.2) is 6.10 Å². The Hall–Kier alpha value is -2.29. The van der Waals surface area contributed by atoms with E-state index in [0.717, 1.165) is 57.8 Å². The molecule has 0 aliphatic rings. The second-order valence-electron chi connectivity index (χ2n) is 28.4. The second-order valence-corrected chi connectivity index (χ2v) is 29.8. The molecule has 0 radical (unpaired) electrons. The molecule has 0 bridgehead atoms. The minimum Gasteiger partial charge on any atom is -0.756 e. The van der Waals surface area contributed by atoms with Crippen molar-refractivity contribution in [1.82, 2.24) is 0 Å². The summed E-state index contributed by atoms with van der Waals surface area (Å²) < 4.78 is 34.4. The molecule has 0 aromatic rings. The van der Waals surface area contributed by atoms with Gasteiger partial charge in [0.2, 0.25) is 0 Å². The number of hydrogen-bond donors (Lipinski definition) is 0. The molecule has 92 heavy (non-hydrogen) atoms. The van der Waals surface area contributed by atoms with Gasteiger partial charge in [-0.1, -0.05) is 364 Å². The van der Waals surface area contributed by atoms with E-state index in [-0.39, 0.29) is 32.0 Å². The lowest BCUT2D eigenvalue weighted by Gasteiger charge is -2.28. The SMILES string of the molecule is CCCCCCC/C=C\C/C=C\C/C=C\CCCCCCCCCCCCCCC(=O)OC(COC(=O)CCCCCCCCCCCCCCCCCCCCCCCCCCCCCCC/C=C\C/C=C\CCCCCCC)COP(=O)([O-])OCC[N+](C)(C)C. The van der Waals surface area contributed by atoms with Crippen LogP contribution in [0.25, 0.3) is 0 Å². The number of carbonyl (C=O) groups excluding carboxylic acids is 2. The highest BCUT2D eigenvalue weighted by atomic mass is 31.2. The number of carbonyl (C=O) groups is 2. The van der Waals surface area contributed by atoms with Crippen LogP contribution in [0, 0.1) is 0 Å². The fraction of sp³-hybridized carbons (Fsp3) is 0.854. The van der Waals surface area contributed by atoms with Crippen LogP contribution >= 0.6 is 7.82 Å². The highest BCUT2D eigenvalue weighted by molar-refractivity contribution is 7.45. The molecule has 0 amide bonds. The molecule has 0 aliphatic heterocycles. The standard InChI is InChI=1S/C82H154NO8P/c1-6-8-10-12-14-16-18-20-22-24-26-28-30-32-34-35-36-37-38-39-40-41-42-43-44-45-46-47-49-50-52-54-56-58-60-62-64-66-68-70-72-74-81(84)88-78-80(79-90-92(86,87)89-77-76-83(3,4)5)91-82(85)75-73-71-69-67-65-63-61-59-57-55-53-51-48-33-31-29-27-25-23-21-19-17-15-13-11-9-7-2/h18-21,24-27,31,33,80H,6-17,22-23,28-30,32,34-79H2,1-5H3/b20-18-,21-19-,26-24-,27-25-,33-31-. The molecule has 0 heterocycles. The first-order valence-electron chi connectivity index (χ1n) is 40.0. The summed E-state index contributed by atoms with van der Waals surface area (Å²) in [6.07, 6.45) is 97.8. The number of rotatable bonds is 75. The van der Waals surface area contributed by atoms with Crippen LogP contribution in [0.2, 0.25) is 0 Å². The highest BCUT2D eigenvalue weighted by Gasteiger charge is 2.22. The zero-order valence-electron chi connectivity index (χ0n) is 61.8. The van der Waals surface area contributed by atoms with Crippen LogP contribution in [0.4, 0.5) is 0 Å². The van der Waals surface area contributed by atoms with Crippen molar-refractivity contribution in [2.75, 3.05) is 47.5 Å². The normalized spacial score (nSPS) is 13.3. The van der Waals surface area contributed by atoms with Crippen molar-refractivity contribution < 1.29 is 42.1 Å². The molecule has 2 unspecified atom stereocenters. The van der Waals surface area contributed by atoms with E-state index in [1.807, 2.05) is 21.1 Å². The van der Waals surface area contributed by atoms with Crippen molar-refractivity contribution in [2.24, 2.45) is 0 Å². The average Bonchev–Trinajstić information content (AvgIpc) is 2.14. The second kappa shape index (κ2) is 73.0. The molecule has 10 heteroatoms. The Morgan fingerprint density at radius 2 is 0.587 bits per heavy atom. The zero-order valence-corrected chi connectivity index (χ0v) is 62.7. The van der Waals surface area contributed by atoms with Crippen LogP contribution in [0.3, 0.4) is 0 Å². The maximum absolute atomic E-state index is 12.9. The molecule has 9 nitrogen and oxygen atoms in total. The molecule has 0 aromatic carbocycles. The van der Waals surface area contributed by atoms with Crippen molar-refractivity contribution in [3.05, 3.63) is 60.8 Å². The molecule has 540 valence electrons. The van der Waals surface area contributed by atoms with Gasteiger partial charge in [0, 0.05) is 12.8 Å². The molecule has 0 saturated heterocycles.